The lowest BCUT2D eigenvalue weighted by Crippen LogP contribution is -2.52. The molecule has 1 aromatic carbocycles. The number of aliphatic hydroxyl groups is 1. The number of fused-ring (bicyclic) bond motifs is 1. The SMILES string of the molecule is CC(C)NCC(=O)N(C)CCN(C[C@@H](C(=O)N1CCN(c2ncnc3c2[C@H](C)C[C@H]3O)CC1)c1ccc(Cl)cc1)C(C)C. The average Bonchev–Trinajstić information content (AvgIpc) is 3.29. The molecule has 236 valence electrons. The van der Waals surface area contributed by atoms with E-state index in [1.165, 1.54) is 6.33 Å². The summed E-state index contributed by atoms with van der Waals surface area (Å²) in [6.07, 6.45) is 1.65. The maximum atomic E-state index is 14.2. The first-order chi connectivity index (χ1) is 20.5. The number of rotatable bonds is 12. The highest BCUT2D eigenvalue weighted by atomic mass is 35.5. The zero-order valence-electron chi connectivity index (χ0n) is 26.5. The molecule has 2 aliphatic rings. The second-order valence-electron chi connectivity index (χ2n) is 12.5. The average molecular weight is 614 g/mol. The van der Waals surface area contributed by atoms with E-state index in [-0.39, 0.29) is 35.7 Å². The summed E-state index contributed by atoms with van der Waals surface area (Å²) in [7, 11) is 1.83. The fourth-order valence-corrected chi connectivity index (χ4v) is 6.08. The van der Waals surface area contributed by atoms with Gasteiger partial charge in [0, 0.05) is 75.5 Å². The molecule has 2 heterocycles. The van der Waals surface area contributed by atoms with E-state index in [2.05, 4.69) is 45.9 Å². The molecule has 1 saturated heterocycles. The number of aliphatic hydroxyl groups excluding tert-OH is 1. The Morgan fingerprint density at radius 2 is 1.74 bits per heavy atom. The van der Waals surface area contributed by atoms with Crippen molar-refractivity contribution in [3.8, 4) is 0 Å². The van der Waals surface area contributed by atoms with Gasteiger partial charge in [0.05, 0.1) is 24.3 Å². The topological polar surface area (TPSA) is 105 Å². The zero-order chi connectivity index (χ0) is 31.3. The van der Waals surface area contributed by atoms with E-state index in [1.807, 2.05) is 50.1 Å². The predicted molar refractivity (Wildman–Crippen MR) is 170 cm³/mol. The van der Waals surface area contributed by atoms with Crippen molar-refractivity contribution in [3.05, 3.63) is 52.4 Å². The van der Waals surface area contributed by atoms with E-state index in [0.29, 0.717) is 63.8 Å². The number of nitrogens with one attached hydrogen (secondary N) is 1. The van der Waals surface area contributed by atoms with Crippen LogP contribution in [0.1, 0.15) is 75.8 Å². The third kappa shape index (κ3) is 8.23. The van der Waals surface area contributed by atoms with Crippen molar-refractivity contribution in [1.82, 2.24) is 30.0 Å². The summed E-state index contributed by atoms with van der Waals surface area (Å²) < 4.78 is 0. The van der Waals surface area contributed by atoms with Crippen molar-refractivity contribution in [2.75, 3.05) is 64.3 Å². The van der Waals surface area contributed by atoms with Gasteiger partial charge in [-0.3, -0.25) is 14.5 Å². The molecule has 0 spiro atoms. The second kappa shape index (κ2) is 14.8. The van der Waals surface area contributed by atoms with E-state index in [1.54, 1.807) is 4.90 Å². The van der Waals surface area contributed by atoms with Gasteiger partial charge in [-0.25, -0.2) is 9.97 Å². The van der Waals surface area contributed by atoms with Gasteiger partial charge < -0.3 is 25.1 Å². The number of carbonyl (C=O) groups excluding carboxylic acids is 2. The third-order valence-corrected chi connectivity index (χ3v) is 8.95. The van der Waals surface area contributed by atoms with Crippen LogP contribution < -0.4 is 10.2 Å². The molecule has 1 fully saturated rings. The number of aromatic nitrogens is 2. The summed E-state index contributed by atoms with van der Waals surface area (Å²) in [5.74, 6) is 0.851. The Morgan fingerprint density at radius 1 is 1.07 bits per heavy atom. The Labute approximate surface area is 261 Å². The van der Waals surface area contributed by atoms with Gasteiger partial charge in [-0.2, -0.15) is 0 Å². The van der Waals surface area contributed by atoms with Crippen molar-refractivity contribution in [1.29, 1.82) is 0 Å². The number of benzene rings is 1. The molecule has 0 saturated carbocycles. The van der Waals surface area contributed by atoms with Gasteiger partial charge in [0.2, 0.25) is 11.8 Å². The van der Waals surface area contributed by atoms with Crippen LogP contribution in [0.3, 0.4) is 0 Å². The highest BCUT2D eigenvalue weighted by Gasteiger charge is 2.35. The molecular formula is C32H48ClN7O3. The van der Waals surface area contributed by atoms with Crippen LogP contribution in [0.4, 0.5) is 5.82 Å². The molecule has 2 aromatic rings. The first kappa shape index (κ1) is 33.1. The van der Waals surface area contributed by atoms with Crippen molar-refractivity contribution in [3.63, 3.8) is 0 Å². The van der Waals surface area contributed by atoms with Gasteiger partial charge in [0.15, 0.2) is 0 Å². The molecule has 10 nitrogen and oxygen atoms in total. The maximum Gasteiger partial charge on any atom is 0.236 e. The molecule has 2 amide bonds. The molecular weight excluding hydrogens is 566 g/mol. The Kier molecular flexibility index (Phi) is 11.4. The lowest BCUT2D eigenvalue weighted by molar-refractivity contribution is -0.134. The van der Waals surface area contributed by atoms with Crippen LogP contribution in [0.2, 0.25) is 5.02 Å². The van der Waals surface area contributed by atoms with Gasteiger partial charge in [-0.15, -0.1) is 0 Å². The number of carbonyl (C=O) groups is 2. The number of likely N-dealkylation sites (N-methyl/N-ethyl adjacent to an activating group) is 1. The molecule has 3 atom stereocenters. The molecule has 0 unspecified atom stereocenters. The lowest BCUT2D eigenvalue weighted by atomic mass is 9.95. The van der Waals surface area contributed by atoms with Crippen molar-refractivity contribution >= 4 is 29.2 Å². The summed E-state index contributed by atoms with van der Waals surface area (Å²) in [6, 6.07) is 8.01. The Bertz CT molecular complexity index is 1230. The van der Waals surface area contributed by atoms with Crippen molar-refractivity contribution in [2.45, 2.75) is 71.1 Å². The Morgan fingerprint density at radius 3 is 2.37 bits per heavy atom. The van der Waals surface area contributed by atoms with Crippen molar-refractivity contribution < 1.29 is 14.7 Å². The number of halogens is 1. The number of hydrogen-bond acceptors (Lipinski definition) is 8. The van der Waals surface area contributed by atoms with Gasteiger partial charge in [-0.05, 0) is 43.9 Å². The zero-order valence-corrected chi connectivity index (χ0v) is 27.2. The third-order valence-electron chi connectivity index (χ3n) is 8.70. The van der Waals surface area contributed by atoms with E-state index >= 15 is 0 Å². The van der Waals surface area contributed by atoms with E-state index in [0.717, 1.165) is 22.6 Å². The van der Waals surface area contributed by atoms with Gasteiger partial charge in [0.1, 0.15) is 12.1 Å². The molecule has 1 aliphatic carbocycles. The number of amides is 2. The standard InChI is InChI=1S/C32H48ClN7O3/c1-21(2)34-18-28(42)37(6)11-12-40(22(3)4)19-26(24-7-9-25(33)10-8-24)32(43)39-15-13-38(14-16-39)31-29-23(5)17-27(41)30(29)35-20-36-31/h7-10,20-23,26-27,34,41H,11-19H2,1-6H3/t23-,26-,27-/m1/s1. The smallest absolute Gasteiger partial charge is 0.236 e. The second-order valence-corrected chi connectivity index (χ2v) is 12.9. The van der Waals surface area contributed by atoms with Gasteiger partial charge in [0.25, 0.3) is 0 Å². The normalized spacial score (nSPS) is 19.3. The number of hydrogen-bond donors (Lipinski definition) is 2. The summed E-state index contributed by atoms with van der Waals surface area (Å²) in [5.41, 5.74) is 2.70. The highest BCUT2D eigenvalue weighted by molar-refractivity contribution is 6.30. The molecule has 4 rings (SSSR count). The summed E-state index contributed by atoms with van der Waals surface area (Å²) in [6.45, 7) is 15.0. The van der Waals surface area contributed by atoms with Crippen molar-refractivity contribution in [2.24, 2.45) is 0 Å². The highest BCUT2D eigenvalue weighted by Crippen LogP contribution is 2.42. The Hall–Kier alpha value is -2.79. The fourth-order valence-electron chi connectivity index (χ4n) is 5.96. The molecule has 1 aliphatic heterocycles. The first-order valence-electron chi connectivity index (χ1n) is 15.5. The number of nitrogens with zero attached hydrogens (tertiary/aromatic N) is 6. The minimum Gasteiger partial charge on any atom is -0.387 e. The fraction of sp³-hybridized carbons (Fsp3) is 0.625. The summed E-state index contributed by atoms with van der Waals surface area (Å²) in [5, 5.41) is 14.3. The molecule has 11 heteroatoms. The monoisotopic (exact) mass is 613 g/mol. The van der Waals surface area contributed by atoms with Gasteiger partial charge in [-0.1, -0.05) is 44.5 Å². The Balaban J connectivity index is 1.45. The molecule has 0 bridgehead atoms. The first-order valence-corrected chi connectivity index (χ1v) is 15.9. The predicted octanol–water partition coefficient (Wildman–Crippen LogP) is 3.27. The number of anilines is 1. The molecule has 2 N–H and O–H groups in total. The van der Waals surface area contributed by atoms with Crippen LogP contribution in [-0.4, -0.2) is 113 Å². The molecule has 1 aromatic heterocycles. The van der Waals surface area contributed by atoms with Gasteiger partial charge >= 0.3 is 0 Å². The number of piperazine rings is 1. The van der Waals surface area contributed by atoms with E-state index in [9.17, 15) is 14.7 Å². The lowest BCUT2D eigenvalue weighted by Gasteiger charge is -2.39. The van der Waals surface area contributed by atoms with Crippen LogP contribution >= 0.6 is 11.6 Å². The van der Waals surface area contributed by atoms with E-state index < -0.39 is 6.10 Å². The summed E-state index contributed by atoms with van der Waals surface area (Å²) >= 11 is 6.21. The van der Waals surface area contributed by atoms with Crippen LogP contribution in [0, 0.1) is 0 Å². The molecule has 0 radical (unpaired) electrons. The quantitative estimate of drug-likeness (QED) is 0.376. The van der Waals surface area contributed by atoms with Crippen LogP contribution in [0.15, 0.2) is 30.6 Å². The minimum absolute atomic E-state index is 0.0545. The van der Waals surface area contributed by atoms with E-state index in [4.69, 9.17) is 11.6 Å². The largest absolute Gasteiger partial charge is 0.387 e. The van der Waals surface area contributed by atoms with Crippen LogP contribution in [0.5, 0.6) is 0 Å². The van der Waals surface area contributed by atoms with Crippen LogP contribution in [-0.2, 0) is 9.59 Å². The van der Waals surface area contributed by atoms with Crippen LogP contribution in [0.25, 0.3) is 0 Å². The summed E-state index contributed by atoms with van der Waals surface area (Å²) in [4.78, 5) is 43.9. The minimum atomic E-state index is -0.548. The maximum absolute atomic E-state index is 14.2. The molecule has 43 heavy (non-hydrogen) atoms.